The molecule has 0 aliphatic heterocycles. The van der Waals surface area contributed by atoms with E-state index in [4.69, 9.17) is 0 Å². The van der Waals surface area contributed by atoms with Crippen LogP contribution >= 0.6 is 11.8 Å². The van der Waals surface area contributed by atoms with E-state index in [2.05, 4.69) is 27.2 Å². The fraction of sp³-hybridized carbons (Fsp3) is 0.105. The highest BCUT2D eigenvalue weighted by Crippen LogP contribution is 2.27. The summed E-state index contributed by atoms with van der Waals surface area (Å²) in [6.07, 6.45) is 0. The molecule has 4 rings (SSSR count). The van der Waals surface area contributed by atoms with Gasteiger partial charge in [0, 0.05) is 11.3 Å². The first-order valence-electron chi connectivity index (χ1n) is 7.94. The maximum atomic E-state index is 12.4. The van der Waals surface area contributed by atoms with Gasteiger partial charge in [-0.1, -0.05) is 72.4 Å². The molecule has 0 saturated carbocycles. The van der Waals surface area contributed by atoms with Crippen molar-refractivity contribution in [3.63, 3.8) is 0 Å². The molecule has 124 valence electrons. The van der Waals surface area contributed by atoms with Gasteiger partial charge in [0.2, 0.25) is 0 Å². The molecule has 2 aromatic heterocycles. The molecule has 0 radical (unpaired) electrons. The van der Waals surface area contributed by atoms with Crippen molar-refractivity contribution in [1.29, 1.82) is 0 Å². The largest absolute Gasteiger partial charge is 0.350 e. The number of H-pyrrole nitrogens is 1. The van der Waals surface area contributed by atoms with Gasteiger partial charge < -0.3 is 0 Å². The Kier molecular flexibility index (Phi) is 4.11. The third-order valence-corrected chi connectivity index (χ3v) is 4.88. The summed E-state index contributed by atoms with van der Waals surface area (Å²) < 4.78 is 1.34. The van der Waals surface area contributed by atoms with Crippen LogP contribution in [0.15, 0.2) is 70.6 Å². The smallest absolute Gasteiger partial charge is 0.285 e. The summed E-state index contributed by atoms with van der Waals surface area (Å²) in [6.45, 7) is 1.90. The minimum Gasteiger partial charge on any atom is -0.285 e. The van der Waals surface area contributed by atoms with E-state index >= 15 is 0 Å². The van der Waals surface area contributed by atoms with E-state index in [1.807, 2.05) is 55.5 Å². The Morgan fingerprint density at radius 2 is 1.72 bits per heavy atom. The third-order valence-electron chi connectivity index (χ3n) is 3.93. The average Bonchev–Trinajstić information content (AvgIpc) is 2.98. The molecule has 0 unspecified atom stereocenters. The summed E-state index contributed by atoms with van der Waals surface area (Å²) >= 11 is 1.51. The monoisotopic (exact) mass is 348 g/mol. The Bertz CT molecular complexity index is 1070. The number of fused-ring (bicyclic) bond motifs is 1. The number of rotatable bonds is 4. The van der Waals surface area contributed by atoms with Gasteiger partial charge in [0.25, 0.3) is 0 Å². The van der Waals surface area contributed by atoms with Crippen LogP contribution in [0.25, 0.3) is 16.8 Å². The van der Waals surface area contributed by atoms with Gasteiger partial charge in [-0.05, 0) is 18.1 Å². The number of nitrogens with zero attached hydrogens (tertiary/aromatic N) is 3. The van der Waals surface area contributed by atoms with Crippen molar-refractivity contribution >= 4 is 17.4 Å². The van der Waals surface area contributed by atoms with Crippen molar-refractivity contribution in [3.8, 4) is 11.1 Å². The molecule has 0 aliphatic rings. The van der Waals surface area contributed by atoms with E-state index in [-0.39, 0.29) is 5.69 Å². The van der Waals surface area contributed by atoms with E-state index in [0.717, 1.165) is 22.6 Å². The number of benzene rings is 2. The third kappa shape index (κ3) is 3.08. The first kappa shape index (κ1) is 15.7. The van der Waals surface area contributed by atoms with Gasteiger partial charge in [-0.2, -0.15) is 9.61 Å². The number of aryl methyl sites for hydroxylation is 1. The van der Waals surface area contributed by atoms with Crippen LogP contribution in [0.4, 0.5) is 0 Å². The number of aromatic amines is 1. The van der Waals surface area contributed by atoms with E-state index in [1.54, 1.807) is 0 Å². The summed E-state index contributed by atoms with van der Waals surface area (Å²) in [5.41, 5.74) is 4.19. The minimum absolute atomic E-state index is 0.272. The molecule has 2 aromatic carbocycles. The molecule has 4 aromatic rings. The van der Waals surface area contributed by atoms with E-state index in [9.17, 15) is 4.79 Å². The predicted octanol–water partition coefficient (Wildman–Crippen LogP) is 3.69. The standard InChI is InChI=1S/C19H16N4OS/c1-13-16(15-10-6-3-7-11-15)17-20-18(21-19(24)23(17)22-13)25-12-14-8-4-2-5-9-14/h2-11H,12H2,1H3,(H,20,21,24). The maximum absolute atomic E-state index is 12.4. The quantitative estimate of drug-likeness (QED) is 0.571. The second kappa shape index (κ2) is 6.57. The fourth-order valence-corrected chi connectivity index (χ4v) is 3.57. The lowest BCUT2D eigenvalue weighted by atomic mass is 10.1. The molecule has 6 heteroatoms. The van der Waals surface area contributed by atoms with E-state index in [1.165, 1.54) is 21.8 Å². The van der Waals surface area contributed by atoms with Crippen LogP contribution in [0.3, 0.4) is 0 Å². The number of hydrogen-bond donors (Lipinski definition) is 1. The zero-order valence-corrected chi connectivity index (χ0v) is 14.5. The van der Waals surface area contributed by atoms with Crippen LogP contribution in [-0.2, 0) is 5.75 Å². The van der Waals surface area contributed by atoms with Crippen molar-refractivity contribution in [3.05, 3.63) is 82.4 Å². The first-order chi connectivity index (χ1) is 12.2. The summed E-state index contributed by atoms with van der Waals surface area (Å²) in [4.78, 5) is 19.9. The van der Waals surface area contributed by atoms with Crippen molar-refractivity contribution in [2.45, 2.75) is 17.8 Å². The van der Waals surface area contributed by atoms with Crippen molar-refractivity contribution in [1.82, 2.24) is 19.6 Å². The molecule has 2 heterocycles. The van der Waals surface area contributed by atoms with Crippen LogP contribution in [0, 0.1) is 6.92 Å². The molecule has 0 spiro atoms. The molecular formula is C19H16N4OS. The number of aromatic nitrogens is 4. The molecule has 1 N–H and O–H groups in total. The Labute approximate surface area is 148 Å². The van der Waals surface area contributed by atoms with E-state index in [0.29, 0.717) is 10.8 Å². The Hall–Kier alpha value is -2.86. The molecule has 25 heavy (non-hydrogen) atoms. The highest BCUT2D eigenvalue weighted by atomic mass is 32.2. The molecular weight excluding hydrogens is 332 g/mol. The van der Waals surface area contributed by atoms with Crippen LogP contribution < -0.4 is 5.69 Å². The van der Waals surface area contributed by atoms with Gasteiger partial charge in [-0.3, -0.25) is 4.98 Å². The number of hydrogen-bond acceptors (Lipinski definition) is 4. The number of nitrogens with one attached hydrogen (secondary N) is 1. The van der Waals surface area contributed by atoms with Crippen LogP contribution in [0.5, 0.6) is 0 Å². The molecule has 5 nitrogen and oxygen atoms in total. The molecule has 0 aliphatic carbocycles. The number of thioether (sulfide) groups is 1. The average molecular weight is 348 g/mol. The van der Waals surface area contributed by atoms with Gasteiger partial charge in [-0.15, -0.1) is 0 Å². The van der Waals surface area contributed by atoms with Gasteiger partial charge in [0.05, 0.1) is 5.69 Å². The highest BCUT2D eigenvalue weighted by molar-refractivity contribution is 7.98. The van der Waals surface area contributed by atoms with Crippen molar-refractivity contribution in [2.24, 2.45) is 0 Å². The predicted molar refractivity (Wildman–Crippen MR) is 99.8 cm³/mol. The van der Waals surface area contributed by atoms with Crippen molar-refractivity contribution < 1.29 is 0 Å². The second-order valence-corrected chi connectivity index (χ2v) is 6.65. The van der Waals surface area contributed by atoms with Gasteiger partial charge >= 0.3 is 5.69 Å². The summed E-state index contributed by atoms with van der Waals surface area (Å²) in [7, 11) is 0. The molecule has 0 atom stereocenters. The van der Waals surface area contributed by atoms with Gasteiger partial charge in [-0.25, -0.2) is 9.78 Å². The van der Waals surface area contributed by atoms with Crippen LogP contribution in [0.1, 0.15) is 11.3 Å². The molecule has 0 bridgehead atoms. The zero-order valence-electron chi connectivity index (χ0n) is 13.6. The lowest BCUT2D eigenvalue weighted by Crippen LogP contribution is -2.19. The van der Waals surface area contributed by atoms with Crippen LogP contribution in [-0.4, -0.2) is 19.6 Å². The molecule has 0 saturated heterocycles. The Morgan fingerprint density at radius 1 is 1.04 bits per heavy atom. The fourth-order valence-electron chi connectivity index (χ4n) is 2.77. The van der Waals surface area contributed by atoms with Crippen molar-refractivity contribution in [2.75, 3.05) is 0 Å². The normalized spacial score (nSPS) is 11.1. The Balaban J connectivity index is 1.77. The van der Waals surface area contributed by atoms with Gasteiger partial charge in [0.15, 0.2) is 10.8 Å². The SMILES string of the molecule is Cc1nn2c(=O)[nH]c(SCc3ccccc3)nc2c1-c1ccccc1. The highest BCUT2D eigenvalue weighted by Gasteiger charge is 2.16. The topological polar surface area (TPSA) is 63.1 Å². The second-order valence-electron chi connectivity index (χ2n) is 5.68. The van der Waals surface area contributed by atoms with Crippen LogP contribution in [0.2, 0.25) is 0 Å². The molecule has 0 fully saturated rings. The Morgan fingerprint density at radius 3 is 2.44 bits per heavy atom. The van der Waals surface area contributed by atoms with Gasteiger partial charge in [0.1, 0.15) is 0 Å². The summed E-state index contributed by atoms with van der Waals surface area (Å²) in [5.74, 6) is 0.744. The summed E-state index contributed by atoms with van der Waals surface area (Å²) in [6, 6.07) is 20.0. The first-order valence-corrected chi connectivity index (χ1v) is 8.93. The lowest BCUT2D eigenvalue weighted by Gasteiger charge is -2.03. The summed E-state index contributed by atoms with van der Waals surface area (Å²) in [5, 5.41) is 4.95. The lowest BCUT2D eigenvalue weighted by molar-refractivity contribution is 0.780. The molecule has 0 amide bonds. The maximum Gasteiger partial charge on any atom is 0.350 e. The van der Waals surface area contributed by atoms with E-state index < -0.39 is 0 Å². The zero-order chi connectivity index (χ0) is 17.2. The minimum atomic E-state index is -0.272.